The first-order valence-corrected chi connectivity index (χ1v) is 19.0. The number of nitrogens with zero attached hydrogens (tertiary/aromatic N) is 8. The molecule has 7 heterocycles. The molecule has 0 bridgehead atoms. The summed E-state index contributed by atoms with van der Waals surface area (Å²) in [6, 6.07) is 33.6. The minimum atomic E-state index is -10.7. The zero-order chi connectivity index (χ0) is 41.8. The Kier molecular flexibility index (Phi) is 14.5. The van der Waals surface area contributed by atoms with Crippen molar-refractivity contribution in [1.29, 1.82) is 0 Å². The van der Waals surface area contributed by atoms with Crippen LogP contribution in [-0.4, -0.2) is 39.5 Å². The van der Waals surface area contributed by atoms with Crippen molar-refractivity contribution in [3.8, 4) is 34.2 Å². The molecule has 0 saturated heterocycles. The molecule has 57 heavy (non-hydrogen) atoms. The number of hydrogen-bond donors (Lipinski definition) is 0. The molecule has 0 aromatic carbocycles. The Balaban J connectivity index is 0.000000257. The molecule has 7 rings (SSSR count). The first-order valence-electron chi connectivity index (χ1n) is 14.9. The van der Waals surface area contributed by atoms with Crippen LogP contribution in [0.25, 0.3) is 39.7 Å². The van der Waals surface area contributed by atoms with Crippen LogP contribution in [0.3, 0.4) is 0 Å². The number of aromatic nitrogens is 7. The van der Waals surface area contributed by atoms with Crippen LogP contribution in [0, 0.1) is 10.1 Å². The van der Waals surface area contributed by atoms with Crippen LogP contribution < -0.4 is 0 Å². The molecular weight excluding hydrogens is 919 g/mol. The van der Waals surface area contributed by atoms with Gasteiger partial charge in [-0.2, -0.15) is 5.10 Å². The zero-order valence-corrected chi connectivity index (χ0v) is 31.6. The standard InChI is InChI=1S/C12H8N4O2.2C10H8N2.2F6P.Ru/c17-16(18)12-10-6-2-4-8-15(10)14-11(12)9-5-1-3-7-13-9;2*1-3-7-11-9(5-1)10-6-2-4-8-12-10;2*1-7(2,3,4,5)6;/h1-8H;2*1-8H;;;/q;;;2*-1;+2. The van der Waals surface area contributed by atoms with Crippen molar-refractivity contribution in [3.05, 3.63) is 156 Å². The van der Waals surface area contributed by atoms with Crippen LogP contribution in [-0.2, 0) is 19.5 Å². The van der Waals surface area contributed by atoms with Gasteiger partial charge in [-0.15, -0.1) is 0 Å². The molecule has 10 nitrogen and oxygen atoms in total. The Hall–Kier alpha value is -5.52. The second kappa shape index (κ2) is 17.3. The van der Waals surface area contributed by atoms with E-state index in [2.05, 4.69) is 30.0 Å². The fourth-order valence-corrected chi connectivity index (χ4v) is 3.90. The number of halogens is 12. The average molecular weight is 944 g/mol. The zero-order valence-electron chi connectivity index (χ0n) is 28.0. The third-order valence-electron chi connectivity index (χ3n) is 5.79. The summed E-state index contributed by atoms with van der Waals surface area (Å²) in [6.07, 6.45) is 10.3. The van der Waals surface area contributed by atoms with Gasteiger partial charge in [-0.05, 0) is 72.8 Å². The van der Waals surface area contributed by atoms with Gasteiger partial charge in [0.1, 0.15) is 5.52 Å². The molecule has 0 aliphatic rings. The molecule has 0 saturated carbocycles. The van der Waals surface area contributed by atoms with Gasteiger partial charge in [0, 0.05) is 37.2 Å². The first kappa shape index (κ1) is 47.6. The van der Waals surface area contributed by atoms with Crippen molar-refractivity contribution in [2.24, 2.45) is 0 Å². The maximum Gasteiger partial charge on any atom is 2.00 e. The van der Waals surface area contributed by atoms with Crippen molar-refractivity contribution in [2.75, 3.05) is 0 Å². The van der Waals surface area contributed by atoms with Crippen molar-refractivity contribution in [1.82, 2.24) is 34.5 Å². The van der Waals surface area contributed by atoms with E-state index in [-0.39, 0.29) is 30.9 Å². The summed E-state index contributed by atoms with van der Waals surface area (Å²) in [5.41, 5.74) is 4.88. The van der Waals surface area contributed by atoms with Crippen LogP contribution >= 0.6 is 15.6 Å². The Morgan fingerprint density at radius 3 is 1.00 bits per heavy atom. The van der Waals surface area contributed by atoms with Gasteiger partial charge in [-0.25, -0.2) is 4.52 Å². The monoisotopic (exact) mass is 944 g/mol. The summed E-state index contributed by atoms with van der Waals surface area (Å²) in [5, 5.41) is 15.4. The Labute approximate surface area is 326 Å². The fraction of sp³-hybridized carbons (Fsp3) is 0. The summed E-state index contributed by atoms with van der Waals surface area (Å²) in [7, 11) is -21.3. The summed E-state index contributed by atoms with van der Waals surface area (Å²) in [6.45, 7) is 0. The van der Waals surface area contributed by atoms with Crippen molar-refractivity contribution >= 4 is 26.8 Å². The Morgan fingerprint density at radius 2 is 0.737 bits per heavy atom. The van der Waals surface area contributed by atoms with Gasteiger partial charge < -0.3 is 0 Å². The van der Waals surface area contributed by atoms with Crippen molar-refractivity contribution in [3.63, 3.8) is 0 Å². The molecule has 0 radical (unpaired) electrons. The number of hydrogen-bond acceptors (Lipinski definition) is 8. The molecule has 306 valence electrons. The van der Waals surface area contributed by atoms with Crippen molar-refractivity contribution in [2.45, 2.75) is 0 Å². The molecule has 7 aromatic heterocycles. The van der Waals surface area contributed by atoms with E-state index in [0.29, 0.717) is 11.2 Å². The van der Waals surface area contributed by atoms with Gasteiger partial charge in [0.15, 0.2) is 5.69 Å². The Bertz CT molecular complexity index is 2120. The predicted octanol–water partition coefficient (Wildman–Crippen LogP) is 13.4. The fourth-order valence-electron chi connectivity index (χ4n) is 3.90. The van der Waals surface area contributed by atoms with Crippen LogP contribution in [0.2, 0.25) is 0 Å². The second-order valence-electron chi connectivity index (χ2n) is 10.5. The van der Waals surface area contributed by atoms with Gasteiger partial charge in [-0.1, -0.05) is 36.4 Å². The van der Waals surface area contributed by atoms with E-state index in [1.807, 2.05) is 72.8 Å². The van der Waals surface area contributed by atoms with E-state index in [0.717, 1.165) is 22.8 Å². The number of fused-ring (bicyclic) bond motifs is 1. The van der Waals surface area contributed by atoms with Crippen LogP contribution in [0.15, 0.2) is 146 Å². The van der Waals surface area contributed by atoms with E-state index in [4.69, 9.17) is 0 Å². The van der Waals surface area contributed by atoms with E-state index in [1.165, 1.54) is 4.52 Å². The van der Waals surface area contributed by atoms with E-state index < -0.39 is 20.5 Å². The molecular formula is C32H24F12N8O2P2Ru. The summed E-state index contributed by atoms with van der Waals surface area (Å²) >= 11 is 0. The smallest absolute Gasteiger partial charge is 0.258 e. The first-order chi connectivity index (χ1) is 25.6. The summed E-state index contributed by atoms with van der Waals surface area (Å²) in [4.78, 5) is 31.6. The van der Waals surface area contributed by atoms with Gasteiger partial charge >= 0.3 is 91.1 Å². The number of pyridine rings is 6. The normalized spacial score (nSPS) is 13.1. The molecule has 0 atom stereocenters. The number of rotatable bonds is 4. The summed E-state index contributed by atoms with van der Waals surface area (Å²) in [5.74, 6) is 0. The maximum atomic E-state index is 11.2. The largest absolute Gasteiger partial charge is 2.00 e. The molecule has 0 aliphatic heterocycles. The SMILES string of the molecule is F[P-](F)(F)(F)(F)F.F[P-](F)(F)(F)(F)F.O=[N+]([O-])c1c(-c2ccccn2)nn2ccccc12.[Ru+2].c1ccc(-c2ccccn2)nc1.c1ccc(-c2ccccn2)nc1. The third-order valence-corrected chi connectivity index (χ3v) is 5.79. The maximum absolute atomic E-state index is 11.2. The molecule has 0 amide bonds. The molecule has 25 heteroatoms. The number of nitro groups is 1. The summed E-state index contributed by atoms with van der Waals surface area (Å²) < 4.78 is 120. The van der Waals surface area contributed by atoms with E-state index in [1.54, 1.807) is 73.6 Å². The Morgan fingerprint density at radius 1 is 0.456 bits per heavy atom. The minimum absolute atomic E-state index is 0. The van der Waals surface area contributed by atoms with Crippen LogP contribution in [0.1, 0.15) is 0 Å². The average Bonchev–Trinajstić information content (AvgIpc) is 3.52. The van der Waals surface area contributed by atoms with Crippen LogP contribution in [0.5, 0.6) is 0 Å². The van der Waals surface area contributed by atoms with E-state index >= 15 is 0 Å². The molecule has 0 spiro atoms. The van der Waals surface area contributed by atoms with Gasteiger partial charge in [0.05, 0.1) is 33.4 Å². The quantitative estimate of drug-likeness (QED) is 0.0562. The molecule has 0 aliphatic carbocycles. The van der Waals surface area contributed by atoms with Gasteiger partial charge in [0.25, 0.3) is 0 Å². The molecule has 0 fully saturated rings. The van der Waals surface area contributed by atoms with Gasteiger partial charge in [0.2, 0.25) is 0 Å². The predicted molar refractivity (Wildman–Crippen MR) is 187 cm³/mol. The van der Waals surface area contributed by atoms with Crippen molar-refractivity contribution < 1.29 is 74.8 Å². The minimum Gasteiger partial charge on any atom is -0.258 e. The molecule has 0 unspecified atom stereocenters. The third kappa shape index (κ3) is 22.0. The molecule has 0 N–H and O–H groups in total. The van der Waals surface area contributed by atoms with Crippen LogP contribution in [0.4, 0.5) is 56.1 Å². The van der Waals surface area contributed by atoms with E-state index in [9.17, 15) is 60.5 Å². The molecule has 7 aromatic rings. The van der Waals surface area contributed by atoms with Gasteiger partial charge in [-0.3, -0.25) is 35.0 Å². The topological polar surface area (TPSA) is 125 Å². The second-order valence-corrected chi connectivity index (χ2v) is 14.3.